The first-order valence-corrected chi connectivity index (χ1v) is 13.6. The number of halogens is 5. The van der Waals surface area contributed by atoms with Gasteiger partial charge in [-0.25, -0.2) is 0 Å². The van der Waals surface area contributed by atoms with E-state index in [1.165, 1.54) is 4.90 Å². The van der Waals surface area contributed by atoms with Crippen molar-refractivity contribution >= 4 is 96.2 Å². The summed E-state index contributed by atoms with van der Waals surface area (Å²) in [7, 11) is 3.80. The normalized spacial score (nSPS) is 11.6. The molecule has 0 saturated heterocycles. The zero-order chi connectivity index (χ0) is 27.3. The van der Waals surface area contributed by atoms with Crippen LogP contribution in [0.15, 0.2) is 30.3 Å². The van der Waals surface area contributed by atoms with Crippen LogP contribution in [0.1, 0.15) is 46.4 Å². The molecule has 1 aliphatic heterocycles. The van der Waals surface area contributed by atoms with Gasteiger partial charge in [0.2, 0.25) is 5.91 Å². The fourth-order valence-electron chi connectivity index (χ4n) is 4.46. The van der Waals surface area contributed by atoms with E-state index in [0.29, 0.717) is 35.3 Å². The van der Waals surface area contributed by atoms with Crippen molar-refractivity contribution in [3.8, 4) is 0 Å². The van der Waals surface area contributed by atoms with Crippen molar-refractivity contribution in [3.63, 3.8) is 0 Å². The van der Waals surface area contributed by atoms with Gasteiger partial charge in [-0.1, -0.05) is 12.1 Å². The molecule has 2 aromatic rings. The maximum absolute atomic E-state index is 13.2. The van der Waals surface area contributed by atoms with Gasteiger partial charge < -0.3 is 31.9 Å². The number of imide groups is 1. The Balaban J connectivity index is -0.00000320. The molecule has 0 radical (unpaired) electrons. The van der Waals surface area contributed by atoms with Crippen LogP contribution in [0.25, 0.3) is 10.8 Å². The number of rotatable bonds is 18. The van der Waals surface area contributed by atoms with E-state index in [2.05, 4.69) is 21.3 Å². The Morgan fingerprint density at radius 2 is 1.37 bits per heavy atom. The summed E-state index contributed by atoms with van der Waals surface area (Å²) in [5, 5.41) is 14.3. The minimum atomic E-state index is -0.329. The smallest absolute Gasteiger partial charge is 0.261 e. The molecule has 0 aliphatic carbocycles. The van der Waals surface area contributed by atoms with Crippen molar-refractivity contribution in [1.82, 2.24) is 25.8 Å². The molecule has 248 valence electrons. The summed E-state index contributed by atoms with van der Waals surface area (Å²) in [5.74, 6) is -0.780. The zero-order valence-corrected chi connectivity index (χ0v) is 28.9. The number of hydrogen-bond donors (Lipinski definition) is 5. The molecule has 0 atom stereocenters. The summed E-state index contributed by atoms with van der Waals surface area (Å²) in [6, 6.07) is 8.91. The maximum Gasteiger partial charge on any atom is 0.261 e. The van der Waals surface area contributed by atoms with Crippen LogP contribution < -0.4 is 27.0 Å². The topological polar surface area (TPSA) is 132 Å². The van der Waals surface area contributed by atoms with Gasteiger partial charge in [-0.15, -0.1) is 62.0 Å². The molecule has 1 aliphatic rings. The fraction of sp³-hybridized carbons (Fsp3) is 0.536. The quantitative estimate of drug-likeness (QED) is 0.118. The zero-order valence-electron chi connectivity index (χ0n) is 24.8. The summed E-state index contributed by atoms with van der Waals surface area (Å²) in [6.07, 6.45) is 4.22. The highest BCUT2D eigenvalue weighted by atomic mass is 35.5. The summed E-state index contributed by atoms with van der Waals surface area (Å²) in [5.41, 5.74) is 6.98. The van der Waals surface area contributed by atoms with E-state index < -0.39 is 0 Å². The van der Waals surface area contributed by atoms with Gasteiger partial charge >= 0.3 is 0 Å². The first-order valence-electron chi connectivity index (χ1n) is 13.6. The number of hydrogen-bond acceptors (Lipinski definition) is 8. The lowest BCUT2D eigenvalue weighted by Crippen LogP contribution is -2.43. The lowest BCUT2D eigenvalue weighted by atomic mass is 9.93. The average Bonchev–Trinajstić information content (AvgIpc) is 2.89. The maximum atomic E-state index is 13.2. The van der Waals surface area contributed by atoms with Gasteiger partial charge in [0.25, 0.3) is 11.8 Å². The summed E-state index contributed by atoms with van der Waals surface area (Å²) in [6.45, 7) is 6.43. The van der Waals surface area contributed by atoms with Crippen LogP contribution in [0.3, 0.4) is 0 Å². The Morgan fingerprint density at radius 3 is 2.00 bits per heavy atom. The monoisotopic (exact) mass is 705 g/mol. The Kier molecular flexibility index (Phi) is 26.6. The molecule has 0 bridgehead atoms. The van der Waals surface area contributed by atoms with E-state index in [9.17, 15) is 14.4 Å². The third-order valence-electron chi connectivity index (χ3n) is 6.49. The number of benzene rings is 2. The fourth-order valence-corrected chi connectivity index (χ4v) is 4.46. The second-order valence-electron chi connectivity index (χ2n) is 9.92. The van der Waals surface area contributed by atoms with Crippen LogP contribution in [-0.2, 0) is 4.79 Å². The van der Waals surface area contributed by atoms with Gasteiger partial charge in [-0.05, 0) is 103 Å². The number of nitrogens with zero attached hydrogens (tertiary/aromatic N) is 2. The number of anilines is 1. The highest BCUT2D eigenvalue weighted by Gasteiger charge is 2.33. The lowest BCUT2D eigenvalue weighted by Gasteiger charge is -2.28. The van der Waals surface area contributed by atoms with Crippen molar-refractivity contribution in [2.45, 2.75) is 25.7 Å². The predicted octanol–water partition coefficient (Wildman–Crippen LogP) is 3.33. The third-order valence-corrected chi connectivity index (χ3v) is 6.49. The minimum Gasteiger partial charge on any atom is -0.330 e. The van der Waals surface area contributed by atoms with E-state index in [1.54, 1.807) is 18.2 Å². The Hall–Kier alpha value is -1.44. The number of unbranched alkanes of at least 4 members (excludes halogenated alkanes) is 1. The van der Waals surface area contributed by atoms with Crippen LogP contribution >= 0.6 is 62.0 Å². The van der Waals surface area contributed by atoms with Gasteiger partial charge in [0.15, 0.2) is 0 Å². The van der Waals surface area contributed by atoms with Crippen LogP contribution in [0.5, 0.6) is 0 Å². The van der Waals surface area contributed by atoms with E-state index in [4.69, 9.17) is 5.73 Å². The molecule has 1 heterocycles. The molecule has 3 rings (SSSR count). The molecule has 0 fully saturated rings. The summed E-state index contributed by atoms with van der Waals surface area (Å²) >= 11 is 0. The number of nitrogens with one attached hydrogen (secondary N) is 4. The first kappa shape index (κ1) is 46.0. The molecule has 2 aromatic carbocycles. The van der Waals surface area contributed by atoms with Gasteiger partial charge in [-0.3, -0.25) is 19.3 Å². The van der Waals surface area contributed by atoms with Crippen LogP contribution in [0.4, 0.5) is 5.69 Å². The molecule has 10 nitrogen and oxygen atoms in total. The van der Waals surface area contributed by atoms with Crippen molar-refractivity contribution < 1.29 is 14.4 Å². The number of carbonyl (C=O) groups excluding carboxylic acids is 3. The average molecular weight is 708 g/mol. The summed E-state index contributed by atoms with van der Waals surface area (Å²) in [4.78, 5) is 42.0. The number of amides is 3. The second-order valence-corrected chi connectivity index (χ2v) is 9.92. The number of carbonyl (C=O) groups is 3. The standard InChI is InChI=1S/C28H43N7O3.5ClH/c1-34(2)16-17-35-27(37)23-9-5-8-21-18-22(19-24(26(21)23)28(35)38)33-25(36)20-32-15-7-14-31-12-4-3-11-30-13-6-10-29;;;;;/h5,8-9,18-19,30-32H,3-4,6-7,10-17,20,29H2,1-2H3,(H,33,36);5*1H. The van der Waals surface area contributed by atoms with Crippen LogP contribution in [0, 0.1) is 0 Å². The van der Waals surface area contributed by atoms with Crippen molar-refractivity contribution in [1.29, 1.82) is 0 Å². The molecule has 6 N–H and O–H groups in total. The Bertz CT molecular complexity index is 1110. The van der Waals surface area contributed by atoms with Crippen LogP contribution in [-0.4, -0.2) is 101 Å². The third kappa shape index (κ3) is 14.5. The van der Waals surface area contributed by atoms with Gasteiger partial charge in [0, 0.05) is 29.7 Å². The second kappa shape index (κ2) is 24.8. The molecule has 3 amide bonds. The number of nitrogens with two attached hydrogens (primary N) is 1. The molecule has 15 heteroatoms. The van der Waals surface area contributed by atoms with Crippen molar-refractivity contribution in [2.24, 2.45) is 5.73 Å². The van der Waals surface area contributed by atoms with E-state index in [0.717, 1.165) is 70.3 Å². The van der Waals surface area contributed by atoms with Crippen LogP contribution in [0.2, 0.25) is 0 Å². The van der Waals surface area contributed by atoms with Crippen molar-refractivity contribution in [3.05, 3.63) is 41.5 Å². The Morgan fingerprint density at radius 1 is 0.791 bits per heavy atom. The largest absolute Gasteiger partial charge is 0.330 e. The van der Waals surface area contributed by atoms with Gasteiger partial charge in [0.1, 0.15) is 0 Å². The molecular formula is C28H48Cl5N7O3. The molecular weight excluding hydrogens is 660 g/mol. The van der Waals surface area contributed by atoms with Gasteiger partial charge in [0.05, 0.1) is 12.1 Å². The molecule has 0 unspecified atom stereocenters. The van der Waals surface area contributed by atoms with Crippen molar-refractivity contribution in [2.75, 3.05) is 78.3 Å². The van der Waals surface area contributed by atoms with Gasteiger partial charge in [-0.2, -0.15) is 0 Å². The van der Waals surface area contributed by atoms with E-state index >= 15 is 0 Å². The first-order chi connectivity index (χ1) is 18.4. The predicted molar refractivity (Wildman–Crippen MR) is 189 cm³/mol. The Labute approximate surface area is 286 Å². The highest BCUT2D eigenvalue weighted by molar-refractivity contribution is 6.26. The molecule has 0 saturated carbocycles. The minimum absolute atomic E-state index is 0. The number of likely N-dealkylation sites (N-methyl/N-ethyl adjacent to an activating group) is 1. The van der Waals surface area contributed by atoms with E-state index in [-0.39, 0.29) is 86.3 Å². The SMILES string of the molecule is CN(C)CCN1C(=O)c2cccc3cc(NC(=O)CNCCCNCCCCNCCCN)cc(c23)C1=O.Cl.Cl.Cl.Cl.Cl. The molecule has 0 spiro atoms. The highest BCUT2D eigenvalue weighted by Crippen LogP contribution is 2.32. The van der Waals surface area contributed by atoms with E-state index in [1.807, 2.05) is 31.1 Å². The lowest BCUT2D eigenvalue weighted by molar-refractivity contribution is -0.115. The molecule has 0 aromatic heterocycles. The molecule has 43 heavy (non-hydrogen) atoms. The summed E-state index contributed by atoms with van der Waals surface area (Å²) < 4.78 is 0.